The second-order valence-corrected chi connectivity index (χ2v) is 5.01. The van der Waals surface area contributed by atoms with Gasteiger partial charge in [-0.15, -0.1) is 0 Å². The summed E-state index contributed by atoms with van der Waals surface area (Å²) >= 11 is 0. The van der Waals surface area contributed by atoms with Gasteiger partial charge in [0.15, 0.2) is 0 Å². The molecule has 4 nitrogen and oxygen atoms in total. The predicted octanol–water partition coefficient (Wildman–Crippen LogP) is 2.13. The van der Waals surface area contributed by atoms with E-state index in [1.807, 2.05) is 6.20 Å². The molecule has 0 bridgehead atoms. The van der Waals surface area contributed by atoms with E-state index in [0.717, 1.165) is 51.4 Å². The zero-order chi connectivity index (χ0) is 13.3. The van der Waals surface area contributed by atoms with E-state index in [0.29, 0.717) is 12.5 Å². The molecular weight excluding hydrogens is 240 g/mol. The van der Waals surface area contributed by atoms with Crippen LogP contribution in [0.3, 0.4) is 0 Å². The first kappa shape index (κ1) is 14.4. The minimum atomic E-state index is 0.610. The van der Waals surface area contributed by atoms with Crippen LogP contribution in [-0.2, 0) is 22.6 Å². The van der Waals surface area contributed by atoms with Crippen molar-refractivity contribution in [2.75, 3.05) is 26.4 Å². The molecule has 1 aromatic heterocycles. The number of hydrogen-bond acceptors (Lipinski definition) is 4. The summed E-state index contributed by atoms with van der Waals surface area (Å²) in [5.74, 6) is 0.654. The van der Waals surface area contributed by atoms with Gasteiger partial charge in [0.2, 0.25) is 0 Å². The summed E-state index contributed by atoms with van der Waals surface area (Å²) in [7, 11) is 0. The monoisotopic (exact) mass is 264 g/mol. The Balaban J connectivity index is 1.67. The molecule has 0 saturated carbocycles. The number of aromatic nitrogens is 1. The molecule has 0 amide bonds. The van der Waals surface area contributed by atoms with E-state index >= 15 is 0 Å². The molecule has 0 aromatic carbocycles. The highest BCUT2D eigenvalue weighted by Crippen LogP contribution is 2.15. The average Bonchev–Trinajstić information content (AvgIpc) is 2.47. The molecule has 0 spiro atoms. The van der Waals surface area contributed by atoms with E-state index in [9.17, 15) is 0 Å². The lowest BCUT2D eigenvalue weighted by atomic mass is 10.0. The number of pyridine rings is 1. The summed E-state index contributed by atoms with van der Waals surface area (Å²) < 4.78 is 11.1. The molecule has 0 atom stereocenters. The molecule has 1 saturated heterocycles. The molecule has 4 heteroatoms. The quantitative estimate of drug-likeness (QED) is 0.819. The molecule has 1 N–H and O–H groups in total. The standard InChI is InChI=1S/C15H24N2O2/c1-2-16-9-14-3-4-15(17-10-14)12-19-11-13-5-7-18-8-6-13/h3-4,10,13,16H,2,5-9,11-12H2,1H3. The van der Waals surface area contributed by atoms with Crippen LogP contribution in [0.5, 0.6) is 0 Å². The molecule has 1 aliphatic rings. The van der Waals surface area contributed by atoms with Crippen molar-refractivity contribution in [3.05, 3.63) is 29.6 Å². The number of rotatable bonds is 7. The van der Waals surface area contributed by atoms with Crippen molar-refractivity contribution in [1.29, 1.82) is 0 Å². The van der Waals surface area contributed by atoms with E-state index in [1.165, 1.54) is 5.56 Å². The number of nitrogens with zero attached hydrogens (tertiary/aromatic N) is 1. The van der Waals surface area contributed by atoms with Crippen LogP contribution in [0.1, 0.15) is 31.0 Å². The SMILES string of the molecule is CCNCc1ccc(COCC2CCOCC2)nc1. The van der Waals surface area contributed by atoms with Crippen molar-refractivity contribution in [2.45, 2.75) is 32.9 Å². The minimum Gasteiger partial charge on any atom is -0.381 e. The second-order valence-electron chi connectivity index (χ2n) is 5.01. The van der Waals surface area contributed by atoms with Crippen LogP contribution in [0.25, 0.3) is 0 Å². The van der Waals surface area contributed by atoms with E-state index < -0.39 is 0 Å². The van der Waals surface area contributed by atoms with Gasteiger partial charge in [-0.05, 0) is 36.9 Å². The second kappa shape index (κ2) is 8.25. The average molecular weight is 264 g/mol. The van der Waals surface area contributed by atoms with Crippen LogP contribution in [-0.4, -0.2) is 31.3 Å². The van der Waals surface area contributed by atoms with Crippen molar-refractivity contribution in [2.24, 2.45) is 5.92 Å². The van der Waals surface area contributed by atoms with Crippen molar-refractivity contribution in [3.8, 4) is 0 Å². The van der Waals surface area contributed by atoms with Crippen molar-refractivity contribution < 1.29 is 9.47 Å². The molecule has 1 aliphatic heterocycles. The summed E-state index contributed by atoms with van der Waals surface area (Å²) in [6, 6.07) is 4.17. The minimum absolute atomic E-state index is 0.610. The van der Waals surface area contributed by atoms with Crippen molar-refractivity contribution in [1.82, 2.24) is 10.3 Å². The van der Waals surface area contributed by atoms with Gasteiger partial charge in [0.05, 0.1) is 18.9 Å². The Hall–Kier alpha value is -0.970. The van der Waals surface area contributed by atoms with Crippen LogP contribution >= 0.6 is 0 Å². The molecular formula is C15H24N2O2. The lowest BCUT2D eigenvalue weighted by Crippen LogP contribution is -2.20. The van der Waals surface area contributed by atoms with Gasteiger partial charge in [0, 0.05) is 26.0 Å². The highest BCUT2D eigenvalue weighted by atomic mass is 16.5. The van der Waals surface area contributed by atoms with Gasteiger partial charge in [-0.1, -0.05) is 13.0 Å². The largest absolute Gasteiger partial charge is 0.381 e. The van der Waals surface area contributed by atoms with Gasteiger partial charge in [0.1, 0.15) is 0 Å². The summed E-state index contributed by atoms with van der Waals surface area (Å²) in [6.07, 6.45) is 4.17. The number of hydrogen-bond donors (Lipinski definition) is 1. The Morgan fingerprint density at radius 3 is 2.89 bits per heavy atom. The van der Waals surface area contributed by atoms with E-state index in [2.05, 4.69) is 29.4 Å². The fraction of sp³-hybridized carbons (Fsp3) is 0.667. The molecule has 2 rings (SSSR count). The van der Waals surface area contributed by atoms with Crippen LogP contribution in [0.2, 0.25) is 0 Å². The molecule has 106 valence electrons. The van der Waals surface area contributed by atoms with E-state index in [1.54, 1.807) is 0 Å². The van der Waals surface area contributed by atoms with Crippen LogP contribution < -0.4 is 5.32 Å². The maximum atomic E-state index is 5.75. The van der Waals surface area contributed by atoms with E-state index in [4.69, 9.17) is 9.47 Å². The molecule has 0 aliphatic carbocycles. The topological polar surface area (TPSA) is 43.4 Å². The van der Waals surface area contributed by atoms with E-state index in [-0.39, 0.29) is 0 Å². The molecule has 1 aromatic rings. The molecule has 2 heterocycles. The summed E-state index contributed by atoms with van der Waals surface area (Å²) in [6.45, 7) is 7.16. The molecule has 0 radical (unpaired) electrons. The fourth-order valence-corrected chi connectivity index (χ4v) is 2.16. The zero-order valence-electron chi connectivity index (χ0n) is 11.7. The third kappa shape index (κ3) is 5.27. The lowest BCUT2D eigenvalue weighted by molar-refractivity contribution is 0.0150. The third-order valence-electron chi connectivity index (χ3n) is 3.41. The Morgan fingerprint density at radius 2 is 2.21 bits per heavy atom. The third-order valence-corrected chi connectivity index (χ3v) is 3.41. The first-order valence-corrected chi connectivity index (χ1v) is 7.18. The first-order chi connectivity index (χ1) is 9.38. The Labute approximate surface area is 115 Å². The summed E-state index contributed by atoms with van der Waals surface area (Å²) in [5.41, 5.74) is 2.22. The normalized spacial score (nSPS) is 16.7. The first-order valence-electron chi connectivity index (χ1n) is 7.18. The van der Waals surface area contributed by atoms with Crippen molar-refractivity contribution >= 4 is 0 Å². The molecule has 0 unspecified atom stereocenters. The predicted molar refractivity (Wildman–Crippen MR) is 74.8 cm³/mol. The fourth-order valence-electron chi connectivity index (χ4n) is 2.16. The summed E-state index contributed by atoms with van der Waals surface area (Å²) in [4.78, 5) is 4.42. The molecule has 19 heavy (non-hydrogen) atoms. The van der Waals surface area contributed by atoms with Gasteiger partial charge in [-0.25, -0.2) is 0 Å². The van der Waals surface area contributed by atoms with Crippen molar-refractivity contribution in [3.63, 3.8) is 0 Å². The number of ether oxygens (including phenoxy) is 2. The highest BCUT2D eigenvalue weighted by molar-refractivity contribution is 5.13. The maximum Gasteiger partial charge on any atom is 0.0887 e. The van der Waals surface area contributed by atoms with Gasteiger partial charge in [-0.2, -0.15) is 0 Å². The van der Waals surface area contributed by atoms with Gasteiger partial charge in [0.25, 0.3) is 0 Å². The maximum absolute atomic E-state index is 5.75. The Kier molecular flexibility index (Phi) is 6.27. The van der Waals surface area contributed by atoms with Crippen LogP contribution in [0, 0.1) is 5.92 Å². The summed E-state index contributed by atoms with van der Waals surface area (Å²) in [5, 5.41) is 3.29. The Morgan fingerprint density at radius 1 is 1.37 bits per heavy atom. The van der Waals surface area contributed by atoms with Crippen LogP contribution in [0.4, 0.5) is 0 Å². The zero-order valence-corrected chi connectivity index (χ0v) is 11.7. The van der Waals surface area contributed by atoms with Gasteiger partial charge < -0.3 is 14.8 Å². The lowest BCUT2D eigenvalue weighted by Gasteiger charge is -2.21. The smallest absolute Gasteiger partial charge is 0.0887 e. The Bertz CT molecular complexity index is 348. The molecule has 1 fully saturated rings. The van der Waals surface area contributed by atoms with Gasteiger partial charge in [-0.3, -0.25) is 4.98 Å². The van der Waals surface area contributed by atoms with Gasteiger partial charge >= 0.3 is 0 Å². The highest BCUT2D eigenvalue weighted by Gasteiger charge is 2.13. The number of nitrogens with one attached hydrogen (secondary N) is 1. The van der Waals surface area contributed by atoms with Crippen LogP contribution in [0.15, 0.2) is 18.3 Å².